The number of hydrogen-bond donors (Lipinski definition) is 2. The molecule has 0 saturated heterocycles. The van der Waals surface area contributed by atoms with E-state index in [1.807, 2.05) is 0 Å². The summed E-state index contributed by atoms with van der Waals surface area (Å²) in [5, 5.41) is 3.54. The molecule has 0 aliphatic heterocycles. The topological polar surface area (TPSA) is 76.7 Å². The van der Waals surface area contributed by atoms with Crippen molar-refractivity contribution in [3.63, 3.8) is 0 Å². The highest BCUT2D eigenvalue weighted by Crippen LogP contribution is 2.31. The SMILES string of the molecule is CC(C)(N)Cn1nc(C(F)(F)F)cc1-c1ccc[nH]c1=O.Cl. The summed E-state index contributed by atoms with van der Waals surface area (Å²) < 4.78 is 39.6. The number of halogens is 4. The van der Waals surface area contributed by atoms with Gasteiger partial charge in [0.15, 0.2) is 5.69 Å². The molecule has 9 heteroatoms. The molecule has 2 aromatic rings. The average Bonchev–Trinajstić information content (AvgIpc) is 2.71. The van der Waals surface area contributed by atoms with Gasteiger partial charge in [0.2, 0.25) is 0 Å². The van der Waals surface area contributed by atoms with Crippen LogP contribution in [0.4, 0.5) is 13.2 Å². The summed E-state index contributed by atoms with van der Waals surface area (Å²) in [5.74, 6) is 0. The first-order valence-electron chi connectivity index (χ1n) is 6.20. The van der Waals surface area contributed by atoms with Crippen LogP contribution in [0.25, 0.3) is 11.3 Å². The maximum atomic E-state index is 12.8. The third kappa shape index (κ3) is 4.11. The second-order valence-corrected chi connectivity index (χ2v) is 5.47. The molecule has 0 spiro atoms. The number of hydrogen-bond acceptors (Lipinski definition) is 3. The number of aromatic nitrogens is 3. The Balaban J connectivity index is 0.00000242. The summed E-state index contributed by atoms with van der Waals surface area (Å²) >= 11 is 0. The second-order valence-electron chi connectivity index (χ2n) is 5.47. The van der Waals surface area contributed by atoms with Crippen molar-refractivity contribution in [1.29, 1.82) is 0 Å². The number of aromatic amines is 1. The van der Waals surface area contributed by atoms with E-state index < -0.39 is 23.0 Å². The Morgan fingerprint density at radius 1 is 1.36 bits per heavy atom. The Kier molecular flexibility index (Phi) is 5.09. The second kappa shape index (κ2) is 6.13. The van der Waals surface area contributed by atoms with Gasteiger partial charge in [-0.25, -0.2) is 0 Å². The van der Waals surface area contributed by atoms with Gasteiger partial charge < -0.3 is 10.7 Å². The smallest absolute Gasteiger partial charge is 0.329 e. The highest BCUT2D eigenvalue weighted by atomic mass is 35.5. The van der Waals surface area contributed by atoms with Crippen molar-refractivity contribution in [1.82, 2.24) is 14.8 Å². The predicted molar refractivity (Wildman–Crippen MR) is 78.8 cm³/mol. The molecule has 0 saturated carbocycles. The summed E-state index contributed by atoms with van der Waals surface area (Å²) in [6.45, 7) is 3.38. The van der Waals surface area contributed by atoms with E-state index in [-0.39, 0.29) is 30.2 Å². The Hall–Kier alpha value is -1.80. The van der Waals surface area contributed by atoms with Crippen molar-refractivity contribution >= 4 is 12.4 Å². The fraction of sp³-hybridized carbons (Fsp3) is 0.385. The fourth-order valence-corrected chi connectivity index (χ4v) is 1.90. The number of pyridine rings is 1. The third-order valence-electron chi connectivity index (χ3n) is 2.72. The molecule has 0 aliphatic carbocycles. The van der Waals surface area contributed by atoms with E-state index in [1.54, 1.807) is 13.8 Å². The molecule has 0 aromatic carbocycles. The molecule has 0 unspecified atom stereocenters. The molecule has 122 valence electrons. The number of rotatable bonds is 3. The van der Waals surface area contributed by atoms with Gasteiger partial charge >= 0.3 is 6.18 Å². The number of H-pyrrole nitrogens is 1. The molecular formula is C13H16ClF3N4O. The van der Waals surface area contributed by atoms with Crippen molar-refractivity contribution in [2.24, 2.45) is 5.73 Å². The van der Waals surface area contributed by atoms with Crippen LogP contribution in [0.15, 0.2) is 29.2 Å². The zero-order chi connectivity index (χ0) is 15.8. The lowest BCUT2D eigenvalue weighted by Crippen LogP contribution is -2.37. The van der Waals surface area contributed by atoms with Crippen molar-refractivity contribution in [3.05, 3.63) is 40.4 Å². The van der Waals surface area contributed by atoms with Gasteiger partial charge in [-0.1, -0.05) is 0 Å². The van der Waals surface area contributed by atoms with Crippen molar-refractivity contribution in [3.8, 4) is 11.3 Å². The van der Waals surface area contributed by atoms with Crippen LogP contribution in [0.2, 0.25) is 0 Å². The van der Waals surface area contributed by atoms with Gasteiger partial charge in [0.05, 0.1) is 17.8 Å². The Labute approximate surface area is 130 Å². The lowest BCUT2D eigenvalue weighted by molar-refractivity contribution is -0.141. The third-order valence-corrected chi connectivity index (χ3v) is 2.72. The first-order chi connectivity index (χ1) is 9.58. The predicted octanol–water partition coefficient (Wildman–Crippen LogP) is 2.42. The first-order valence-corrected chi connectivity index (χ1v) is 6.20. The Morgan fingerprint density at radius 3 is 2.50 bits per heavy atom. The van der Waals surface area contributed by atoms with Gasteiger partial charge in [-0.2, -0.15) is 18.3 Å². The molecule has 0 aliphatic rings. The highest BCUT2D eigenvalue weighted by molar-refractivity contribution is 5.85. The lowest BCUT2D eigenvalue weighted by Gasteiger charge is -2.19. The molecule has 2 rings (SSSR count). The lowest BCUT2D eigenvalue weighted by atomic mass is 10.1. The van der Waals surface area contributed by atoms with Crippen molar-refractivity contribution < 1.29 is 13.2 Å². The van der Waals surface area contributed by atoms with E-state index in [2.05, 4.69) is 10.1 Å². The molecule has 2 heterocycles. The highest BCUT2D eigenvalue weighted by Gasteiger charge is 2.35. The van der Waals surface area contributed by atoms with E-state index in [1.165, 1.54) is 18.3 Å². The van der Waals surface area contributed by atoms with E-state index in [0.29, 0.717) is 0 Å². The molecule has 3 N–H and O–H groups in total. The molecule has 0 bridgehead atoms. The van der Waals surface area contributed by atoms with Crippen LogP contribution in [0.5, 0.6) is 0 Å². The van der Waals surface area contributed by atoms with Gasteiger partial charge in [-0.3, -0.25) is 9.48 Å². The van der Waals surface area contributed by atoms with Crippen LogP contribution < -0.4 is 11.3 Å². The van der Waals surface area contributed by atoms with E-state index in [0.717, 1.165) is 10.7 Å². The van der Waals surface area contributed by atoms with Crippen LogP contribution in [-0.4, -0.2) is 20.3 Å². The maximum Gasteiger partial charge on any atom is 0.435 e. The van der Waals surface area contributed by atoms with Gasteiger partial charge in [-0.05, 0) is 32.0 Å². The normalized spacial score (nSPS) is 12.1. The average molecular weight is 337 g/mol. The number of nitrogens with zero attached hydrogens (tertiary/aromatic N) is 2. The fourth-order valence-electron chi connectivity index (χ4n) is 1.90. The minimum Gasteiger partial charge on any atom is -0.329 e. The largest absolute Gasteiger partial charge is 0.435 e. The molecule has 0 fully saturated rings. The van der Waals surface area contributed by atoms with E-state index >= 15 is 0 Å². The summed E-state index contributed by atoms with van der Waals surface area (Å²) in [4.78, 5) is 14.2. The summed E-state index contributed by atoms with van der Waals surface area (Å²) in [5.41, 5.74) is 3.74. The van der Waals surface area contributed by atoms with Gasteiger partial charge in [0.25, 0.3) is 5.56 Å². The maximum absolute atomic E-state index is 12.8. The molecule has 0 amide bonds. The molecule has 22 heavy (non-hydrogen) atoms. The number of alkyl halides is 3. The minimum absolute atomic E-state index is 0. The zero-order valence-electron chi connectivity index (χ0n) is 11.9. The first kappa shape index (κ1) is 18.2. The summed E-state index contributed by atoms with van der Waals surface area (Å²) in [6, 6.07) is 3.83. The summed E-state index contributed by atoms with van der Waals surface area (Å²) in [7, 11) is 0. The minimum atomic E-state index is -4.58. The van der Waals surface area contributed by atoms with Gasteiger partial charge in [0.1, 0.15) is 0 Å². The van der Waals surface area contributed by atoms with Crippen LogP contribution in [-0.2, 0) is 12.7 Å². The van der Waals surface area contributed by atoms with Crippen LogP contribution in [0.1, 0.15) is 19.5 Å². The summed E-state index contributed by atoms with van der Waals surface area (Å²) in [6.07, 6.45) is -3.18. The van der Waals surface area contributed by atoms with Crippen LogP contribution in [0.3, 0.4) is 0 Å². The Morgan fingerprint density at radius 2 is 2.00 bits per heavy atom. The van der Waals surface area contributed by atoms with Crippen molar-refractivity contribution in [2.45, 2.75) is 32.1 Å². The zero-order valence-corrected chi connectivity index (χ0v) is 12.8. The number of nitrogens with two attached hydrogens (primary N) is 1. The monoisotopic (exact) mass is 336 g/mol. The van der Waals surface area contributed by atoms with E-state index in [9.17, 15) is 18.0 Å². The van der Waals surface area contributed by atoms with Crippen LogP contribution >= 0.6 is 12.4 Å². The molecule has 5 nitrogen and oxygen atoms in total. The molecular weight excluding hydrogens is 321 g/mol. The van der Waals surface area contributed by atoms with Gasteiger partial charge in [0, 0.05) is 11.7 Å². The van der Waals surface area contributed by atoms with E-state index in [4.69, 9.17) is 5.73 Å². The quantitative estimate of drug-likeness (QED) is 0.903. The Bertz CT molecular complexity index is 700. The van der Waals surface area contributed by atoms with Gasteiger partial charge in [-0.15, -0.1) is 12.4 Å². The van der Waals surface area contributed by atoms with Crippen molar-refractivity contribution in [2.75, 3.05) is 0 Å². The van der Waals surface area contributed by atoms with Crippen LogP contribution in [0, 0.1) is 0 Å². The molecule has 0 radical (unpaired) electrons. The number of nitrogens with one attached hydrogen (secondary N) is 1. The molecule has 2 aromatic heterocycles. The standard InChI is InChI=1S/C13H15F3N4O.ClH/c1-12(2,17)7-20-9(6-10(19-20)13(14,15)16)8-4-3-5-18-11(8)21;/h3-6H,7,17H2,1-2H3,(H,18,21);1H. The molecule has 0 atom stereocenters.